The fourth-order valence-corrected chi connectivity index (χ4v) is 5.48. The number of hydrogen-bond acceptors (Lipinski definition) is 4. The summed E-state index contributed by atoms with van der Waals surface area (Å²) in [5.41, 5.74) is 1.55. The summed E-state index contributed by atoms with van der Waals surface area (Å²) in [5, 5.41) is 0.676. The normalized spacial score (nSPS) is 21.7. The quantitative estimate of drug-likeness (QED) is 0.589. The third kappa shape index (κ3) is 5.58. The first-order chi connectivity index (χ1) is 14.9. The monoisotopic (exact) mass is 466 g/mol. The lowest BCUT2D eigenvalue weighted by molar-refractivity contribution is 0.0673. The van der Waals surface area contributed by atoms with E-state index in [-0.39, 0.29) is 16.9 Å². The maximum absolute atomic E-state index is 12.6. The Bertz CT molecular complexity index is 988. The third-order valence-electron chi connectivity index (χ3n) is 6.07. The SMILES string of the molecule is O=S(=O)(NCC1CC(Oc2cccc(CN3CCCC3)c2Cl)C1)c1ccc(CF)cc1. The van der Waals surface area contributed by atoms with Crippen molar-refractivity contribution in [3.63, 3.8) is 0 Å². The van der Waals surface area contributed by atoms with E-state index in [4.69, 9.17) is 16.3 Å². The van der Waals surface area contributed by atoms with E-state index in [0.29, 0.717) is 22.9 Å². The molecular formula is C23H28ClFN2O3S. The summed E-state index contributed by atoms with van der Waals surface area (Å²) in [4.78, 5) is 2.56. The molecule has 31 heavy (non-hydrogen) atoms. The van der Waals surface area contributed by atoms with Gasteiger partial charge in [-0.1, -0.05) is 35.9 Å². The number of alkyl halides is 1. The maximum Gasteiger partial charge on any atom is 0.240 e. The molecule has 0 radical (unpaired) electrons. The lowest BCUT2D eigenvalue weighted by atomic mass is 9.82. The van der Waals surface area contributed by atoms with Crippen LogP contribution in [0.2, 0.25) is 5.02 Å². The van der Waals surface area contributed by atoms with Crippen LogP contribution in [0.4, 0.5) is 4.39 Å². The number of ether oxygens (including phenoxy) is 1. The molecule has 1 aliphatic carbocycles. The minimum atomic E-state index is -3.60. The van der Waals surface area contributed by atoms with Crippen LogP contribution in [0.15, 0.2) is 47.4 Å². The van der Waals surface area contributed by atoms with Crippen molar-refractivity contribution < 1.29 is 17.5 Å². The van der Waals surface area contributed by atoms with E-state index in [9.17, 15) is 12.8 Å². The van der Waals surface area contributed by atoms with Gasteiger partial charge in [0.05, 0.1) is 16.0 Å². The van der Waals surface area contributed by atoms with Gasteiger partial charge in [-0.2, -0.15) is 0 Å². The van der Waals surface area contributed by atoms with E-state index in [0.717, 1.165) is 38.0 Å². The Labute approximate surface area is 188 Å². The van der Waals surface area contributed by atoms with E-state index in [1.54, 1.807) is 0 Å². The molecule has 1 heterocycles. The molecule has 5 nitrogen and oxygen atoms in total. The summed E-state index contributed by atoms with van der Waals surface area (Å²) in [6, 6.07) is 11.8. The van der Waals surface area contributed by atoms with Crippen LogP contribution in [0, 0.1) is 5.92 Å². The van der Waals surface area contributed by atoms with Gasteiger partial charge in [-0.25, -0.2) is 17.5 Å². The molecule has 0 aromatic heterocycles. The predicted molar refractivity (Wildman–Crippen MR) is 120 cm³/mol. The summed E-state index contributed by atoms with van der Waals surface area (Å²) in [7, 11) is -3.60. The Balaban J connectivity index is 1.26. The van der Waals surface area contributed by atoms with Gasteiger partial charge in [0.1, 0.15) is 12.4 Å². The molecule has 0 spiro atoms. The van der Waals surface area contributed by atoms with E-state index in [2.05, 4.69) is 9.62 Å². The van der Waals surface area contributed by atoms with Crippen molar-refractivity contribution in [2.75, 3.05) is 19.6 Å². The Kier molecular flexibility index (Phi) is 7.16. The second-order valence-corrected chi connectivity index (χ2v) is 10.6. The van der Waals surface area contributed by atoms with Gasteiger partial charge in [-0.15, -0.1) is 0 Å². The van der Waals surface area contributed by atoms with Crippen LogP contribution in [-0.4, -0.2) is 39.1 Å². The van der Waals surface area contributed by atoms with E-state index < -0.39 is 16.7 Å². The zero-order valence-corrected chi connectivity index (χ0v) is 19.0. The summed E-state index contributed by atoms with van der Waals surface area (Å²) >= 11 is 6.59. The van der Waals surface area contributed by atoms with Gasteiger partial charge < -0.3 is 4.74 Å². The lowest BCUT2D eigenvalue weighted by Gasteiger charge is -2.35. The fourth-order valence-electron chi connectivity index (χ4n) is 4.14. The number of hydrogen-bond donors (Lipinski definition) is 1. The van der Waals surface area contributed by atoms with Gasteiger partial charge in [-0.05, 0) is 74.0 Å². The molecule has 2 aromatic carbocycles. The number of rotatable bonds is 9. The minimum absolute atomic E-state index is 0.0397. The van der Waals surface area contributed by atoms with Crippen molar-refractivity contribution in [1.29, 1.82) is 0 Å². The van der Waals surface area contributed by atoms with Crippen LogP contribution >= 0.6 is 11.6 Å². The van der Waals surface area contributed by atoms with Crippen molar-refractivity contribution in [3.8, 4) is 5.75 Å². The Hall–Kier alpha value is -1.67. The molecule has 0 amide bonds. The summed E-state index contributed by atoms with van der Waals surface area (Å²) in [6.45, 7) is 2.82. The van der Waals surface area contributed by atoms with E-state index >= 15 is 0 Å². The summed E-state index contributed by atoms with van der Waals surface area (Å²) in [5.74, 6) is 0.923. The molecule has 1 saturated heterocycles. The predicted octanol–water partition coefficient (Wildman–Crippen LogP) is 4.54. The van der Waals surface area contributed by atoms with Crippen molar-refractivity contribution >= 4 is 21.6 Å². The number of nitrogens with one attached hydrogen (secondary N) is 1. The largest absolute Gasteiger partial charge is 0.489 e. The fraction of sp³-hybridized carbons (Fsp3) is 0.478. The highest BCUT2D eigenvalue weighted by Crippen LogP contribution is 2.36. The second-order valence-electron chi connectivity index (χ2n) is 8.42. The summed E-state index contributed by atoms with van der Waals surface area (Å²) < 4.78 is 46.2. The topological polar surface area (TPSA) is 58.6 Å². The Morgan fingerprint density at radius 2 is 1.81 bits per heavy atom. The Morgan fingerprint density at radius 1 is 1.10 bits per heavy atom. The first-order valence-electron chi connectivity index (χ1n) is 10.8. The highest BCUT2D eigenvalue weighted by Gasteiger charge is 2.32. The molecule has 1 saturated carbocycles. The van der Waals surface area contributed by atoms with Crippen LogP contribution < -0.4 is 9.46 Å². The smallest absolute Gasteiger partial charge is 0.240 e. The number of benzene rings is 2. The highest BCUT2D eigenvalue weighted by atomic mass is 35.5. The van der Waals surface area contributed by atoms with Gasteiger partial charge in [-0.3, -0.25) is 4.90 Å². The van der Waals surface area contributed by atoms with Crippen LogP contribution in [0.1, 0.15) is 36.8 Å². The maximum atomic E-state index is 12.6. The average Bonchev–Trinajstić information content (AvgIpc) is 3.25. The van der Waals surface area contributed by atoms with E-state index in [1.165, 1.54) is 37.1 Å². The molecule has 2 fully saturated rings. The second kappa shape index (κ2) is 9.86. The van der Waals surface area contributed by atoms with Gasteiger partial charge in [0, 0.05) is 13.1 Å². The molecule has 1 aliphatic heterocycles. The zero-order chi connectivity index (χ0) is 21.8. The number of nitrogens with zero attached hydrogens (tertiary/aromatic N) is 1. The van der Waals surface area contributed by atoms with Crippen molar-refractivity contribution in [1.82, 2.24) is 9.62 Å². The Morgan fingerprint density at radius 3 is 2.48 bits per heavy atom. The number of halogens is 2. The molecule has 0 unspecified atom stereocenters. The van der Waals surface area contributed by atoms with Gasteiger partial charge >= 0.3 is 0 Å². The standard InChI is InChI=1S/C23H28ClFN2O3S/c24-23-19(16-27-10-1-2-11-27)4-3-5-22(23)30-20-12-18(13-20)15-26-31(28,29)21-8-6-17(14-25)7-9-21/h3-9,18,20,26H,1-2,10-16H2. The van der Waals surface area contributed by atoms with Crippen molar-refractivity contribution in [2.45, 2.75) is 49.9 Å². The average molecular weight is 467 g/mol. The molecule has 2 aromatic rings. The number of likely N-dealkylation sites (tertiary alicyclic amines) is 1. The molecule has 2 aliphatic rings. The van der Waals surface area contributed by atoms with Crippen LogP contribution in [0.5, 0.6) is 5.75 Å². The lowest BCUT2D eigenvalue weighted by Crippen LogP contribution is -2.41. The molecule has 1 N–H and O–H groups in total. The highest BCUT2D eigenvalue weighted by molar-refractivity contribution is 7.89. The van der Waals surface area contributed by atoms with Crippen LogP contribution in [0.25, 0.3) is 0 Å². The van der Waals surface area contributed by atoms with Gasteiger partial charge in [0.2, 0.25) is 10.0 Å². The molecule has 0 bridgehead atoms. The van der Waals surface area contributed by atoms with Gasteiger partial charge in [0.15, 0.2) is 0 Å². The minimum Gasteiger partial charge on any atom is -0.489 e. The molecule has 0 atom stereocenters. The van der Waals surface area contributed by atoms with Crippen LogP contribution in [-0.2, 0) is 23.2 Å². The zero-order valence-electron chi connectivity index (χ0n) is 17.4. The third-order valence-corrected chi connectivity index (χ3v) is 7.94. The summed E-state index contributed by atoms with van der Waals surface area (Å²) in [6.07, 6.45) is 4.07. The van der Waals surface area contributed by atoms with Crippen molar-refractivity contribution in [3.05, 3.63) is 58.6 Å². The molecule has 8 heteroatoms. The molecular weight excluding hydrogens is 439 g/mol. The first kappa shape index (κ1) is 22.5. The van der Waals surface area contributed by atoms with Crippen LogP contribution in [0.3, 0.4) is 0 Å². The number of sulfonamides is 1. The molecule has 168 valence electrons. The van der Waals surface area contributed by atoms with Gasteiger partial charge in [0.25, 0.3) is 0 Å². The van der Waals surface area contributed by atoms with E-state index in [1.807, 2.05) is 18.2 Å². The van der Waals surface area contributed by atoms with Crippen molar-refractivity contribution in [2.24, 2.45) is 5.92 Å². The molecule has 4 rings (SSSR count). The first-order valence-corrected chi connectivity index (χ1v) is 12.6.